The number of hydrogen-bond donors (Lipinski definition) is 2. The molecule has 3 heterocycles. The molecule has 2 aromatic carbocycles. The standard InChI is InChI=1S/C26H21N5O4/c1-14-18(3-2-10-28-14)26(33)29-16-6-4-15-5-8-19-23(25(27)32)30-31(24(19)20(15)11-16)17-7-9-21-22(12-17)35-13-34-21/h2-4,6-7,9-12H,5,8,13H2,1H3,(H2,27,32)(H,29,33). The first-order chi connectivity index (χ1) is 17.0. The first-order valence-electron chi connectivity index (χ1n) is 11.2. The van der Waals surface area contributed by atoms with Gasteiger partial charge in [0.25, 0.3) is 11.8 Å². The minimum atomic E-state index is -0.583. The smallest absolute Gasteiger partial charge is 0.269 e. The fraction of sp³-hybridized carbons (Fsp3) is 0.154. The Bertz CT molecular complexity index is 1520. The second-order valence-electron chi connectivity index (χ2n) is 8.45. The molecule has 0 saturated carbocycles. The van der Waals surface area contributed by atoms with Crippen molar-refractivity contribution >= 4 is 17.5 Å². The number of rotatable bonds is 4. The number of nitrogens with one attached hydrogen (secondary N) is 1. The van der Waals surface area contributed by atoms with Gasteiger partial charge in [-0.25, -0.2) is 4.68 Å². The van der Waals surface area contributed by atoms with Crippen LogP contribution in [0.15, 0.2) is 54.7 Å². The number of hydrogen-bond acceptors (Lipinski definition) is 6. The zero-order valence-electron chi connectivity index (χ0n) is 18.9. The summed E-state index contributed by atoms with van der Waals surface area (Å²) in [7, 11) is 0. The summed E-state index contributed by atoms with van der Waals surface area (Å²) in [4.78, 5) is 29.3. The number of anilines is 1. The number of fused-ring (bicyclic) bond motifs is 4. The van der Waals surface area contributed by atoms with Crippen molar-refractivity contribution < 1.29 is 19.1 Å². The minimum Gasteiger partial charge on any atom is -0.454 e. The van der Waals surface area contributed by atoms with Gasteiger partial charge in [-0.15, -0.1) is 0 Å². The lowest BCUT2D eigenvalue weighted by Crippen LogP contribution is -2.16. The van der Waals surface area contributed by atoms with E-state index in [1.807, 2.05) is 36.4 Å². The summed E-state index contributed by atoms with van der Waals surface area (Å²) in [5, 5.41) is 7.55. The van der Waals surface area contributed by atoms with Crippen LogP contribution in [0.3, 0.4) is 0 Å². The van der Waals surface area contributed by atoms with Crippen LogP contribution in [0.25, 0.3) is 16.9 Å². The average molecular weight is 467 g/mol. The van der Waals surface area contributed by atoms with Gasteiger partial charge in [-0.2, -0.15) is 5.10 Å². The molecule has 2 amide bonds. The van der Waals surface area contributed by atoms with Crippen LogP contribution in [-0.2, 0) is 12.8 Å². The molecule has 0 bridgehead atoms. The summed E-state index contributed by atoms with van der Waals surface area (Å²) in [5.74, 6) is 0.437. The van der Waals surface area contributed by atoms with E-state index >= 15 is 0 Å². The maximum absolute atomic E-state index is 12.9. The van der Waals surface area contributed by atoms with Crippen molar-refractivity contribution in [3.8, 4) is 28.4 Å². The molecule has 9 nitrogen and oxygen atoms in total. The molecular formula is C26H21N5O4. The van der Waals surface area contributed by atoms with Gasteiger partial charge in [0.05, 0.1) is 16.9 Å². The monoisotopic (exact) mass is 467 g/mol. The van der Waals surface area contributed by atoms with E-state index in [-0.39, 0.29) is 18.4 Å². The van der Waals surface area contributed by atoms with Crippen LogP contribution in [0.5, 0.6) is 11.5 Å². The number of aryl methyl sites for hydroxylation is 2. The van der Waals surface area contributed by atoms with Crippen LogP contribution in [0, 0.1) is 6.92 Å². The van der Waals surface area contributed by atoms with Crippen LogP contribution in [-0.4, -0.2) is 33.4 Å². The van der Waals surface area contributed by atoms with Gasteiger partial charge in [-0.05, 0) is 61.7 Å². The van der Waals surface area contributed by atoms with Crippen LogP contribution >= 0.6 is 0 Å². The molecule has 0 saturated heterocycles. The third-order valence-corrected chi connectivity index (χ3v) is 6.34. The van der Waals surface area contributed by atoms with E-state index in [0.717, 1.165) is 28.8 Å². The lowest BCUT2D eigenvalue weighted by atomic mass is 9.88. The maximum atomic E-state index is 12.9. The zero-order valence-corrected chi connectivity index (χ0v) is 18.9. The predicted molar refractivity (Wildman–Crippen MR) is 128 cm³/mol. The first-order valence-corrected chi connectivity index (χ1v) is 11.2. The Kier molecular flexibility index (Phi) is 4.77. The summed E-state index contributed by atoms with van der Waals surface area (Å²) < 4.78 is 12.7. The Balaban J connectivity index is 1.46. The Hall–Kier alpha value is -4.66. The largest absolute Gasteiger partial charge is 0.454 e. The number of nitrogens with zero attached hydrogens (tertiary/aromatic N) is 3. The maximum Gasteiger partial charge on any atom is 0.269 e. The summed E-state index contributed by atoms with van der Waals surface area (Å²) in [6.45, 7) is 1.95. The molecule has 0 fully saturated rings. The third kappa shape index (κ3) is 3.48. The zero-order chi connectivity index (χ0) is 24.1. The van der Waals surface area contributed by atoms with Crippen molar-refractivity contribution in [3.63, 3.8) is 0 Å². The molecule has 35 heavy (non-hydrogen) atoms. The molecule has 3 N–H and O–H groups in total. The van der Waals surface area contributed by atoms with Gasteiger partial charge >= 0.3 is 0 Å². The lowest BCUT2D eigenvalue weighted by molar-refractivity contribution is 0.0992. The molecule has 0 unspecified atom stereocenters. The number of primary amides is 1. The molecule has 6 rings (SSSR count). The SMILES string of the molecule is Cc1ncccc1C(=O)Nc1ccc2c(c1)-c1c(c(C(N)=O)nn1-c1ccc3c(c1)OCO3)CC2. The lowest BCUT2D eigenvalue weighted by Gasteiger charge is -2.20. The van der Waals surface area contributed by atoms with E-state index in [0.29, 0.717) is 40.6 Å². The Morgan fingerprint density at radius 2 is 1.91 bits per heavy atom. The topological polar surface area (TPSA) is 121 Å². The summed E-state index contributed by atoms with van der Waals surface area (Å²) in [5.41, 5.74) is 12.0. The number of amides is 2. The number of benzene rings is 2. The quantitative estimate of drug-likeness (QED) is 0.474. The Labute approximate surface area is 200 Å². The van der Waals surface area contributed by atoms with Crippen LogP contribution < -0.4 is 20.5 Å². The van der Waals surface area contributed by atoms with E-state index in [1.165, 1.54) is 0 Å². The van der Waals surface area contributed by atoms with Gasteiger partial charge in [-0.1, -0.05) is 6.07 Å². The van der Waals surface area contributed by atoms with Crippen molar-refractivity contribution in [2.75, 3.05) is 12.1 Å². The van der Waals surface area contributed by atoms with Crippen molar-refractivity contribution in [3.05, 3.63) is 82.8 Å². The normalized spacial score (nSPS) is 13.2. The van der Waals surface area contributed by atoms with E-state index in [4.69, 9.17) is 15.2 Å². The summed E-state index contributed by atoms with van der Waals surface area (Å²) in [6, 6.07) is 14.7. The fourth-order valence-electron chi connectivity index (χ4n) is 4.64. The molecule has 9 heteroatoms. The average Bonchev–Trinajstić information content (AvgIpc) is 3.48. The van der Waals surface area contributed by atoms with Gasteiger partial charge in [0.2, 0.25) is 6.79 Å². The second-order valence-corrected chi connectivity index (χ2v) is 8.45. The number of carbonyl (C=O) groups excluding carboxylic acids is 2. The Morgan fingerprint density at radius 3 is 2.74 bits per heavy atom. The molecule has 1 aliphatic heterocycles. The van der Waals surface area contributed by atoms with Crippen molar-refractivity contribution in [1.82, 2.24) is 14.8 Å². The molecule has 1 aliphatic carbocycles. The van der Waals surface area contributed by atoms with E-state index in [9.17, 15) is 9.59 Å². The summed E-state index contributed by atoms with van der Waals surface area (Å²) >= 11 is 0. The van der Waals surface area contributed by atoms with Crippen molar-refractivity contribution in [2.45, 2.75) is 19.8 Å². The highest BCUT2D eigenvalue weighted by molar-refractivity contribution is 6.05. The molecule has 174 valence electrons. The van der Waals surface area contributed by atoms with Gasteiger partial charge in [0.1, 0.15) is 0 Å². The number of aromatic nitrogens is 3. The van der Waals surface area contributed by atoms with Gasteiger partial charge in [-0.3, -0.25) is 14.6 Å². The van der Waals surface area contributed by atoms with Crippen LogP contribution in [0.1, 0.15) is 37.7 Å². The third-order valence-electron chi connectivity index (χ3n) is 6.34. The number of ether oxygens (including phenoxy) is 2. The second kappa shape index (κ2) is 7.98. The molecule has 0 spiro atoms. The van der Waals surface area contributed by atoms with E-state index in [2.05, 4.69) is 15.4 Å². The van der Waals surface area contributed by atoms with Crippen molar-refractivity contribution in [2.24, 2.45) is 5.73 Å². The van der Waals surface area contributed by atoms with Gasteiger partial charge in [0, 0.05) is 34.8 Å². The van der Waals surface area contributed by atoms with E-state index < -0.39 is 5.91 Å². The van der Waals surface area contributed by atoms with Crippen LogP contribution in [0.4, 0.5) is 5.69 Å². The van der Waals surface area contributed by atoms with Crippen LogP contribution in [0.2, 0.25) is 0 Å². The molecule has 0 atom stereocenters. The number of carbonyl (C=O) groups is 2. The molecular weight excluding hydrogens is 446 g/mol. The van der Waals surface area contributed by atoms with Crippen molar-refractivity contribution in [1.29, 1.82) is 0 Å². The Morgan fingerprint density at radius 1 is 1.06 bits per heavy atom. The highest BCUT2D eigenvalue weighted by Crippen LogP contribution is 2.40. The molecule has 4 aromatic rings. The summed E-state index contributed by atoms with van der Waals surface area (Å²) in [6.07, 6.45) is 3.01. The predicted octanol–water partition coefficient (Wildman–Crippen LogP) is 3.42. The highest BCUT2D eigenvalue weighted by atomic mass is 16.7. The van der Waals surface area contributed by atoms with Gasteiger partial charge < -0.3 is 20.5 Å². The number of pyridine rings is 1. The molecule has 0 radical (unpaired) electrons. The molecule has 2 aromatic heterocycles. The fourth-order valence-corrected chi connectivity index (χ4v) is 4.64. The molecule has 2 aliphatic rings. The van der Waals surface area contributed by atoms with Gasteiger partial charge in [0.15, 0.2) is 17.2 Å². The number of nitrogens with two attached hydrogens (primary N) is 1. The highest BCUT2D eigenvalue weighted by Gasteiger charge is 2.29. The van der Waals surface area contributed by atoms with E-state index in [1.54, 1.807) is 29.9 Å². The minimum absolute atomic E-state index is 0.158. The first kappa shape index (κ1) is 20.9.